The number of fused-ring (bicyclic) bond motifs is 3. The highest BCUT2D eigenvalue weighted by molar-refractivity contribution is 7.15. The molecule has 0 spiro atoms. The number of aryl methyl sites for hydroxylation is 2. The van der Waals surface area contributed by atoms with Gasteiger partial charge < -0.3 is 4.74 Å². The zero-order valence-electron chi connectivity index (χ0n) is 16.7. The molecule has 0 bridgehead atoms. The summed E-state index contributed by atoms with van der Waals surface area (Å²) in [6, 6.07) is 7.14. The predicted molar refractivity (Wildman–Crippen MR) is 115 cm³/mol. The summed E-state index contributed by atoms with van der Waals surface area (Å²) in [5, 5.41) is 10.4. The highest BCUT2D eigenvalue weighted by Gasteiger charge is 2.32. The molecule has 0 amide bonds. The van der Waals surface area contributed by atoms with Crippen LogP contribution in [0.1, 0.15) is 52.6 Å². The van der Waals surface area contributed by atoms with E-state index < -0.39 is 6.04 Å². The van der Waals surface area contributed by atoms with Gasteiger partial charge in [-0.05, 0) is 38.0 Å². The Morgan fingerprint density at radius 1 is 1.24 bits per heavy atom. The molecule has 0 radical (unpaired) electrons. The van der Waals surface area contributed by atoms with Crippen LogP contribution in [0.25, 0.3) is 5.00 Å². The maximum atomic E-state index is 12.1. The molecule has 1 aromatic carbocycles. The van der Waals surface area contributed by atoms with Crippen LogP contribution in [0.5, 0.6) is 0 Å². The van der Waals surface area contributed by atoms with Crippen LogP contribution >= 0.6 is 22.9 Å². The number of aromatic nitrogens is 3. The number of halogens is 1. The molecule has 3 aromatic rings. The first-order chi connectivity index (χ1) is 13.9. The van der Waals surface area contributed by atoms with Crippen molar-refractivity contribution in [2.45, 2.75) is 39.7 Å². The van der Waals surface area contributed by atoms with E-state index in [0.717, 1.165) is 34.1 Å². The number of aliphatic imine (C=N–C) groups is 1. The van der Waals surface area contributed by atoms with Crippen molar-refractivity contribution >= 4 is 34.6 Å². The van der Waals surface area contributed by atoms with Gasteiger partial charge in [-0.15, -0.1) is 21.5 Å². The molecule has 2 aromatic heterocycles. The van der Waals surface area contributed by atoms with Crippen LogP contribution in [-0.4, -0.2) is 33.6 Å². The highest BCUT2D eigenvalue weighted by atomic mass is 35.5. The van der Waals surface area contributed by atoms with Crippen molar-refractivity contribution in [1.82, 2.24) is 14.8 Å². The molecule has 1 aliphatic heterocycles. The third-order valence-electron chi connectivity index (χ3n) is 5.13. The Labute approximate surface area is 178 Å². The van der Waals surface area contributed by atoms with Crippen molar-refractivity contribution in [3.05, 3.63) is 62.5 Å². The third-order valence-corrected chi connectivity index (χ3v) is 6.80. The Balaban J connectivity index is 2.01. The Morgan fingerprint density at radius 2 is 1.97 bits per heavy atom. The van der Waals surface area contributed by atoms with Gasteiger partial charge in [-0.3, -0.25) is 14.4 Å². The molecule has 1 atom stereocenters. The molecule has 0 aliphatic carbocycles. The van der Waals surface area contributed by atoms with Gasteiger partial charge in [-0.25, -0.2) is 0 Å². The molecule has 0 saturated heterocycles. The number of esters is 1. The molecule has 0 fully saturated rings. The van der Waals surface area contributed by atoms with E-state index in [1.165, 1.54) is 17.6 Å². The Bertz CT molecular complexity index is 1110. The van der Waals surface area contributed by atoms with Crippen molar-refractivity contribution in [1.29, 1.82) is 0 Å². The first-order valence-corrected chi connectivity index (χ1v) is 10.6. The number of benzene rings is 1. The summed E-state index contributed by atoms with van der Waals surface area (Å²) < 4.78 is 6.94. The van der Waals surface area contributed by atoms with Crippen LogP contribution in [0.3, 0.4) is 0 Å². The molecule has 0 saturated carbocycles. The molecular formula is C21H21ClN4O2S. The monoisotopic (exact) mass is 428 g/mol. The summed E-state index contributed by atoms with van der Waals surface area (Å²) in [5.74, 6) is 1.09. The van der Waals surface area contributed by atoms with Gasteiger partial charge in [0.15, 0.2) is 5.82 Å². The molecule has 6 nitrogen and oxygen atoms in total. The summed E-state index contributed by atoms with van der Waals surface area (Å²) in [6.45, 7) is 6.19. The average Bonchev–Trinajstić information content (AvgIpc) is 3.21. The number of carbonyl (C=O) groups excluding carboxylic acids is 1. The number of nitrogens with zero attached hydrogens (tertiary/aromatic N) is 4. The standard InChI is InChI=1S/C21H21ClN4O2S/c1-5-16-11(2)18-19(13-6-8-14(22)9-7-13)23-15(10-17(27)28-4)20-25-24-12(3)26(20)21(18)29-16/h6-9,15H,5,10H2,1-4H3/t15-/m0/s1. The van der Waals surface area contributed by atoms with Crippen LogP contribution in [0.15, 0.2) is 29.3 Å². The van der Waals surface area contributed by atoms with Gasteiger partial charge in [0, 0.05) is 21.0 Å². The summed E-state index contributed by atoms with van der Waals surface area (Å²) in [5.41, 5.74) is 4.04. The number of rotatable bonds is 4. The van der Waals surface area contributed by atoms with E-state index in [4.69, 9.17) is 21.3 Å². The lowest BCUT2D eigenvalue weighted by Gasteiger charge is -2.11. The fraction of sp³-hybridized carbons (Fsp3) is 0.333. The van der Waals surface area contributed by atoms with Gasteiger partial charge in [-0.1, -0.05) is 30.7 Å². The second-order valence-electron chi connectivity index (χ2n) is 6.91. The smallest absolute Gasteiger partial charge is 0.308 e. The maximum Gasteiger partial charge on any atom is 0.308 e. The van der Waals surface area contributed by atoms with E-state index in [1.54, 1.807) is 11.3 Å². The van der Waals surface area contributed by atoms with Crippen LogP contribution in [0, 0.1) is 13.8 Å². The van der Waals surface area contributed by atoms with Crippen molar-refractivity contribution in [2.75, 3.05) is 7.11 Å². The van der Waals surface area contributed by atoms with Gasteiger partial charge in [0.05, 0.1) is 19.2 Å². The van der Waals surface area contributed by atoms with E-state index in [0.29, 0.717) is 10.8 Å². The summed E-state index contributed by atoms with van der Waals surface area (Å²) in [6.07, 6.45) is 1.03. The highest BCUT2D eigenvalue weighted by Crippen LogP contribution is 2.40. The van der Waals surface area contributed by atoms with Gasteiger partial charge in [0.2, 0.25) is 0 Å². The summed E-state index contributed by atoms with van der Waals surface area (Å²) in [4.78, 5) is 18.4. The second-order valence-corrected chi connectivity index (χ2v) is 8.43. The molecule has 150 valence electrons. The molecule has 0 unspecified atom stereocenters. The van der Waals surface area contributed by atoms with Gasteiger partial charge >= 0.3 is 5.97 Å². The largest absolute Gasteiger partial charge is 0.469 e. The zero-order valence-corrected chi connectivity index (χ0v) is 18.3. The van der Waals surface area contributed by atoms with Gasteiger partial charge in [0.25, 0.3) is 0 Å². The fourth-order valence-electron chi connectivity index (χ4n) is 3.65. The van der Waals surface area contributed by atoms with Crippen molar-refractivity contribution < 1.29 is 9.53 Å². The fourth-order valence-corrected chi connectivity index (χ4v) is 5.07. The number of thiophene rings is 1. The topological polar surface area (TPSA) is 69.4 Å². The van der Waals surface area contributed by atoms with Gasteiger partial charge in [0.1, 0.15) is 16.9 Å². The van der Waals surface area contributed by atoms with E-state index in [9.17, 15) is 4.79 Å². The zero-order chi connectivity index (χ0) is 20.7. The lowest BCUT2D eigenvalue weighted by atomic mass is 9.99. The molecule has 3 heterocycles. The first-order valence-electron chi connectivity index (χ1n) is 9.40. The minimum atomic E-state index is -0.488. The molecule has 29 heavy (non-hydrogen) atoms. The molecule has 1 aliphatic rings. The lowest BCUT2D eigenvalue weighted by molar-refractivity contribution is -0.141. The Kier molecular flexibility index (Phi) is 5.27. The SMILES string of the molecule is CCc1sc2c(c1C)C(c1ccc(Cl)cc1)=N[C@@H](CC(=O)OC)c1nnc(C)n1-2. The minimum absolute atomic E-state index is 0.0976. The van der Waals surface area contributed by atoms with Crippen molar-refractivity contribution in [2.24, 2.45) is 4.99 Å². The summed E-state index contributed by atoms with van der Waals surface area (Å²) in [7, 11) is 1.38. The third kappa shape index (κ3) is 3.38. The second kappa shape index (κ2) is 7.72. The average molecular weight is 429 g/mol. The van der Waals surface area contributed by atoms with Gasteiger partial charge in [-0.2, -0.15) is 0 Å². The first kappa shape index (κ1) is 19.8. The molecular weight excluding hydrogens is 408 g/mol. The Hall–Kier alpha value is -2.51. The van der Waals surface area contributed by atoms with E-state index >= 15 is 0 Å². The lowest BCUT2D eigenvalue weighted by Crippen LogP contribution is -2.12. The predicted octanol–water partition coefficient (Wildman–Crippen LogP) is 4.62. The molecule has 8 heteroatoms. The number of carbonyl (C=O) groups is 1. The number of hydrogen-bond acceptors (Lipinski definition) is 6. The number of hydrogen-bond donors (Lipinski definition) is 0. The molecule has 4 rings (SSSR count). The van der Waals surface area contributed by atoms with Crippen LogP contribution < -0.4 is 0 Å². The number of methoxy groups -OCH3 is 1. The van der Waals surface area contributed by atoms with Crippen LogP contribution in [-0.2, 0) is 16.0 Å². The van der Waals surface area contributed by atoms with Crippen LogP contribution in [0.2, 0.25) is 5.02 Å². The number of ether oxygens (including phenoxy) is 1. The van der Waals surface area contributed by atoms with Crippen molar-refractivity contribution in [3.8, 4) is 5.00 Å². The quantitative estimate of drug-likeness (QED) is 0.568. The Morgan fingerprint density at radius 3 is 2.62 bits per heavy atom. The maximum absolute atomic E-state index is 12.1. The summed E-state index contributed by atoms with van der Waals surface area (Å²) >= 11 is 7.84. The van der Waals surface area contributed by atoms with E-state index in [1.807, 2.05) is 35.8 Å². The van der Waals surface area contributed by atoms with E-state index in [2.05, 4.69) is 24.0 Å². The minimum Gasteiger partial charge on any atom is -0.469 e. The van der Waals surface area contributed by atoms with Crippen molar-refractivity contribution in [3.63, 3.8) is 0 Å². The normalized spacial score (nSPS) is 15.3. The van der Waals surface area contributed by atoms with E-state index in [-0.39, 0.29) is 12.4 Å². The van der Waals surface area contributed by atoms with Crippen LogP contribution in [0.4, 0.5) is 0 Å². The molecule has 0 N–H and O–H groups in total.